The Balaban J connectivity index is 1.62. The van der Waals surface area contributed by atoms with Gasteiger partial charge in [-0.2, -0.15) is 0 Å². The largest absolute Gasteiger partial charge is 0.394 e. The van der Waals surface area contributed by atoms with Crippen LogP contribution in [0, 0.1) is 0 Å². The monoisotopic (exact) mass is 357 g/mol. The van der Waals surface area contributed by atoms with Crippen LogP contribution in [-0.4, -0.2) is 64.2 Å². The van der Waals surface area contributed by atoms with Crippen LogP contribution in [0.5, 0.6) is 0 Å². The molecule has 6 nitrogen and oxygen atoms in total. The molecule has 0 aliphatic carbocycles. The van der Waals surface area contributed by atoms with Crippen LogP contribution in [0.15, 0.2) is 48.5 Å². The quantitative estimate of drug-likeness (QED) is 0.640. The molecule has 2 aliphatic rings. The lowest BCUT2D eigenvalue weighted by Crippen LogP contribution is -2.63. The first-order valence-corrected chi connectivity index (χ1v) is 8.85. The van der Waals surface area contributed by atoms with Gasteiger partial charge in [-0.05, 0) is 35.2 Å². The van der Waals surface area contributed by atoms with Gasteiger partial charge < -0.3 is 30.1 Å². The Kier molecular flexibility index (Phi) is 4.69. The maximum Gasteiger partial charge on any atom is 0.159 e. The van der Waals surface area contributed by atoms with Crippen LogP contribution in [0.2, 0.25) is 0 Å². The van der Waals surface area contributed by atoms with E-state index in [1.54, 1.807) is 0 Å². The van der Waals surface area contributed by atoms with E-state index in [0.717, 1.165) is 28.8 Å². The average molecular weight is 357 g/mol. The molecule has 0 spiro atoms. The van der Waals surface area contributed by atoms with Gasteiger partial charge in [-0.25, -0.2) is 0 Å². The van der Waals surface area contributed by atoms with Gasteiger partial charge in [0.25, 0.3) is 0 Å². The normalized spacial score (nSPS) is 31.1. The van der Waals surface area contributed by atoms with Crippen molar-refractivity contribution in [3.63, 3.8) is 0 Å². The minimum absolute atomic E-state index is 0.422. The number of hydrogen-bond acceptors (Lipinski definition) is 6. The lowest BCUT2D eigenvalue weighted by Gasteiger charge is -2.44. The maximum atomic E-state index is 10.4. The Labute approximate surface area is 151 Å². The summed E-state index contributed by atoms with van der Waals surface area (Å²) in [4.78, 5) is 1.90. The van der Waals surface area contributed by atoms with Crippen molar-refractivity contribution in [1.82, 2.24) is 0 Å². The molecule has 0 radical (unpaired) electrons. The molecule has 2 aliphatic heterocycles. The molecule has 2 heterocycles. The van der Waals surface area contributed by atoms with E-state index >= 15 is 0 Å². The smallest absolute Gasteiger partial charge is 0.159 e. The van der Waals surface area contributed by atoms with Gasteiger partial charge in [-0.1, -0.05) is 36.4 Å². The Morgan fingerprint density at radius 1 is 0.923 bits per heavy atom. The second-order valence-corrected chi connectivity index (χ2v) is 6.87. The topological polar surface area (TPSA) is 93.4 Å². The third kappa shape index (κ3) is 2.90. The van der Waals surface area contributed by atoms with Crippen LogP contribution >= 0.6 is 0 Å². The van der Waals surface area contributed by atoms with Crippen molar-refractivity contribution in [3.05, 3.63) is 54.1 Å². The zero-order valence-corrected chi connectivity index (χ0v) is 14.3. The molecule has 4 N–H and O–H groups in total. The Bertz CT molecular complexity index is 766. The van der Waals surface area contributed by atoms with Crippen molar-refractivity contribution in [2.24, 2.45) is 0 Å². The highest BCUT2D eigenvalue weighted by molar-refractivity contribution is 5.70. The Morgan fingerprint density at radius 3 is 2.42 bits per heavy atom. The summed E-state index contributed by atoms with van der Waals surface area (Å²) in [6, 6.07) is 16.3. The van der Waals surface area contributed by atoms with Gasteiger partial charge in [0.2, 0.25) is 0 Å². The van der Waals surface area contributed by atoms with E-state index in [1.807, 2.05) is 35.2 Å². The summed E-state index contributed by atoms with van der Waals surface area (Å²) in [6.45, 7) is 0.214. The van der Waals surface area contributed by atoms with Gasteiger partial charge in [-0.15, -0.1) is 0 Å². The van der Waals surface area contributed by atoms with E-state index in [2.05, 4.69) is 18.2 Å². The van der Waals surface area contributed by atoms with Gasteiger partial charge in [-0.3, -0.25) is 0 Å². The van der Waals surface area contributed by atoms with Crippen molar-refractivity contribution < 1.29 is 25.2 Å². The Hall–Kier alpha value is -1.96. The summed E-state index contributed by atoms with van der Waals surface area (Å²) in [5.74, 6) is 0. The molecule has 138 valence electrons. The van der Waals surface area contributed by atoms with Crippen molar-refractivity contribution in [3.8, 4) is 11.1 Å². The van der Waals surface area contributed by atoms with E-state index in [4.69, 9.17) is 4.74 Å². The zero-order valence-electron chi connectivity index (χ0n) is 14.3. The summed E-state index contributed by atoms with van der Waals surface area (Å²) in [6.07, 6.45) is -4.87. The lowest BCUT2D eigenvalue weighted by molar-refractivity contribution is -0.228. The molecule has 6 heteroatoms. The van der Waals surface area contributed by atoms with E-state index < -0.39 is 37.3 Å². The number of ether oxygens (including phenoxy) is 1. The number of aliphatic hydroxyl groups is 4. The molecule has 1 saturated heterocycles. The van der Waals surface area contributed by atoms with Gasteiger partial charge >= 0.3 is 0 Å². The molecule has 2 aromatic carbocycles. The molecule has 0 aromatic heterocycles. The lowest BCUT2D eigenvalue weighted by atomic mass is 9.97. The molecule has 2 aromatic rings. The number of anilines is 1. The second kappa shape index (κ2) is 6.98. The molecule has 1 fully saturated rings. The van der Waals surface area contributed by atoms with E-state index in [9.17, 15) is 20.4 Å². The first-order valence-electron chi connectivity index (χ1n) is 8.85. The van der Waals surface area contributed by atoms with Crippen LogP contribution in [0.4, 0.5) is 5.69 Å². The van der Waals surface area contributed by atoms with Crippen LogP contribution in [0.1, 0.15) is 5.56 Å². The number of benzene rings is 2. The molecular weight excluding hydrogens is 334 g/mol. The zero-order chi connectivity index (χ0) is 18.3. The number of nitrogens with zero attached hydrogens (tertiary/aromatic N) is 1. The van der Waals surface area contributed by atoms with Gasteiger partial charge in [0, 0.05) is 12.2 Å². The molecule has 26 heavy (non-hydrogen) atoms. The minimum Gasteiger partial charge on any atom is -0.394 e. The van der Waals surface area contributed by atoms with Crippen molar-refractivity contribution in [2.45, 2.75) is 37.1 Å². The predicted octanol–water partition coefficient (Wildman–Crippen LogP) is 0.516. The van der Waals surface area contributed by atoms with Gasteiger partial charge in [0.15, 0.2) is 6.23 Å². The highest BCUT2D eigenvalue weighted by atomic mass is 16.6. The van der Waals surface area contributed by atoms with Crippen molar-refractivity contribution in [1.29, 1.82) is 0 Å². The molecule has 5 atom stereocenters. The summed E-state index contributed by atoms with van der Waals surface area (Å²) in [7, 11) is 0. The van der Waals surface area contributed by atoms with Gasteiger partial charge in [0.05, 0.1) is 6.61 Å². The molecular formula is C20H23NO5. The Morgan fingerprint density at radius 2 is 1.69 bits per heavy atom. The predicted molar refractivity (Wildman–Crippen MR) is 96.7 cm³/mol. The number of hydrogen-bond donors (Lipinski definition) is 4. The second-order valence-electron chi connectivity index (χ2n) is 6.87. The van der Waals surface area contributed by atoms with Crippen molar-refractivity contribution >= 4 is 5.69 Å². The number of rotatable bonds is 3. The number of fused-ring (bicyclic) bond motifs is 1. The first-order chi connectivity index (χ1) is 12.6. The number of aliphatic hydroxyl groups excluding tert-OH is 4. The molecule has 0 bridgehead atoms. The highest BCUT2D eigenvalue weighted by Gasteiger charge is 2.46. The molecule has 0 unspecified atom stereocenters. The van der Waals surface area contributed by atoms with E-state index in [1.165, 1.54) is 0 Å². The summed E-state index contributed by atoms with van der Waals surface area (Å²) < 4.78 is 5.70. The summed E-state index contributed by atoms with van der Waals surface area (Å²) in [5, 5.41) is 39.8. The first kappa shape index (κ1) is 17.5. The van der Waals surface area contributed by atoms with Crippen molar-refractivity contribution in [2.75, 3.05) is 18.1 Å². The summed E-state index contributed by atoms with van der Waals surface area (Å²) >= 11 is 0. The third-order valence-corrected chi connectivity index (χ3v) is 5.29. The highest BCUT2D eigenvalue weighted by Crippen LogP contribution is 2.36. The average Bonchev–Trinajstić information content (AvgIpc) is 3.10. The molecule has 0 saturated carbocycles. The van der Waals surface area contributed by atoms with Crippen LogP contribution in [0.25, 0.3) is 11.1 Å². The molecule has 0 amide bonds. The van der Waals surface area contributed by atoms with E-state index in [-0.39, 0.29) is 0 Å². The van der Waals surface area contributed by atoms with Crippen LogP contribution in [0.3, 0.4) is 0 Å². The van der Waals surface area contributed by atoms with Gasteiger partial charge in [0.1, 0.15) is 24.4 Å². The minimum atomic E-state index is -1.36. The fourth-order valence-corrected chi connectivity index (χ4v) is 3.84. The standard InChI is InChI=1S/C20H23NO5/c22-11-16-17(23)18(24)19(25)20(26-16)21-9-8-14-10-13(6-7-15(14)21)12-4-2-1-3-5-12/h1-7,10,16-20,22-25H,8-9,11H2/t16-,17-,18+,19-,20-/m1/s1. The SMILES string of the molecule is OC[C@H]1O[C@@H](N2CCc3cc(-c4ccccc4)ccc32)[C@H](O)[C@@H](O)[C@@H]1O. The maximum absolute atomic E-state index is 10.4. The fourth-order valence-electron chi connectivity index (χ4n) is 3.84. The fraction of sp³-hybridized carbons (Fsp3) is 0.400. The summed E-state index contributed by atoms with van der Waals surface area (Å²) in [5.41, 5.74) is 4.35. The van der Waals surface area contributed by atoms with Crippen LogP contribution < -0.4 is 4.90 Å². The van der Waals surface area contributed by atoms with E-state index in [0.29, 0.717) is 6.54 Å². The van der Waals surface area contributed by atoms with Crippen LogP contribution in [-0.2, 0) is 11.2 Å². The third-order valence-electron chi connectivity index (χ3n) is 5.29. The molecule has 4 rings (SSSR count).